The molecule has 1 saturated heterocycles. The van der Waals surface area contributed by atoms with Crippen molar-refractivity contribution in [3.05, 3.63) is 0 Å². The van der Waals surface area contributed by atoms with Gasteiger partial charge in [0.15, 0.2) is 0 Å². The van der Waals surface area contributed by atoms with Crippen LogP contribution in [-0.4, -0.2) is 50.7 Å². The highest BCUT2D eigenvalue weighted by Gasteiger charge is 2.22. The molecule has 78 valence electrons. The van der Waals surface area contributed by atoms with E-state index in [9.17, 15) is 4.79 Å². The van der Waals surface area contributed by atoms with E-state index in [4.69, 9.17) is 4.74 Å². The van der Waals surface area contributed by atoms with Gasteiger partial charge in [-0.2, -0.15) is 0 Å². The van der Waals surface area contributed by atoms with Crippen LogP contribution in [0.4, 0.5) is 0 Å². The predicted octanol–water partition coefficient (Wildman–Crippen LogP) is -0.125. The van der Waals surface area contributed by atoms with Gasteiger partial charge in [0, 0.05) is 27.2 Å². The second-order valence-electron chi connectivity index (χ2n) is 3.05. The number of likely N-dealkylation sites (tertiary alicyclic amines) is 1. The molecule has 4 nitrogen and oxygen atoms in total. The van der Waals surface area contributed by atoms with Crippen molar-refractivity contribution >= 4 is 18.3 Å². The van der Waals surface area contributed by atoms with E-state index in [-0.39, 0.29) is 18.3 Å². The number of methoxy groups -OCH3 is 1. The van der Waals surface area contributed by atoms with Gasteiger partial charge in [-0.15, -0.1) is 12.4 Å². The summed E-state index contributed by atoms with van der Waals surface area (Å²) in [5, 5.41) is 2.60. The lowest BCUT2D eigenvalue weighted by atomic mass is 10.3. The lowest BCUT2D eigenvalue weighted by Crippen LogP contribution is -2.34. The molecule has 0 saturated carbocycles. The zero-order chi connectivity index (χ0) is 8.97. The van der Waals surface area contributed by atoms with Crippen molar-refractivity contribution in [3.63, 3.8) is 0 Å². The standard InChI is InChI=1S/C8H16N2O2.ClH/c1-9-8(11)6-10-4-3-7(5-10)12-2;/h7H,3-6H2,1-2H3,(H,9,11);1H/t7-;/m0./s1. The van der Waals surface area contributed by atoms with E-state index in [1.54, 1.807) is 14.2 Å². The van der Waals surface area contributed by atoms with Crippen molar-refractivity contribution in [2.24, 2.45) is 0 Å². The summed E-state index contributed by atoms with van der Waals surface area (Å²) in [6.45, 7) is 2.34. The zero-order valence-electron chi connectivity index (χ0n) is 8.08. The Morgan fingerprint density at radius 1 is 1.69 bits per heavy atom. The van der Waals surface area contributed by atoms with Crippen molar-refractivity contribution in [2.45, 2.75) is 12.5 Å². The first-order valence-corrected chi connectivity index (χ1v) is 4.22. The average molecular weight is 209 g/mol. The van der Waals surface area contributed by atoms with Crippen LogP contribution >= 0.6 is 12.4 Å². The minimum atomic E-state index is 0. The Kier molecular flexibility index (Phi) is 6.03. The third-order valence-electron chi connectivity index (χ3n) is 2.21. The first kappa shape index (κ1) is 12.7. The molecular weight excluding hydrogens is 192 g/mol. The SMILES string of the molecule is CNC(=O)CN1CC[C@H](OC)C1.Cl. The topological polar surface area (TPSA) is 41.6 Å². The number of halogens is 1. The molecule has 1 aliphatic rings. The summed E-state index contributed by atoms with van der Waals surface area (Å²) in [5.41, 5.74) is 0. The van der Waals surface area contributed by atoms with E-state index in [2.05, 4.69) is 10.2 Å². The van der Waals surface area contributed by atoms with Crippen LogP contribution < -0.4 is 5.32 Å². The first-order chi connectivity index (χ1) is 5.76. The maximum Gasteiger partial charge on any atom is 0.233 e. The maximum atomic E-state index is 11.0. The third-order valence-corrected chi connectivity index (χ3v) is 2.21. The number of ether oxygens (including phenoxy) is 1. The fraction of sp³-hybridized carbons (Fsp3) is 0.875. The van der Waals surface area contributed by atoms with Gasteiger partial charge in [0.25, 0.3) is 0 Å². The molecule has 0 aromatic heterocycles. The van der Waals surface area contributed by atoms with Crippen LogP contribution in [0.5, 0.6) is 0 Å². The molecular formula is C8H17ClN2O2. The van der Waals surface area contributed by atoms with E-state index < -0.39 is 0 Å². The number of rotatable bonds is 3. The van der Waals surface area contributed by atoms with Crippen LogP contribution in [0.2, 0.25) is 0 Å². The van der Waals surface area contributed by atoms with Crippen molar-refractivity contribution in [1.82, 2.24) is 10.2 Å². The van der Waals surface area contributed by atoms with Crippen LogP contribution in [-0.2, 0) is 9.53 Å². The molecule has 1 aliphatic heterocycles. The molecule has 1 fully saturated rings. The molecule has 0 bridgehead atoms. The Morgan fingerprint density at radius 2 is 2.38 bits per heavy atom. The van der Waals surface area contributed by atoms with E-state index in [0.29, 0.717) is 12.6 Å². The first-order valence-electron chi connectivity index (χ1n) is 4.22. The normalized spacial score (nSPS) is 22.5. The highest BCUT2D eigenvalue weighted by molar-refractivity contribution is 5.85. The molecule has 0 aromatic carbocycles. The summed E-state index contributed by atoms with van der Waals surface area (Å²) < 4.78 is 5.18. The van der Waals surface area contributed by atoms with Gasteiger partial charge in [-0.05, 0) is 6.42 Å². The number of likely N-dealkylation sites (N-methyl/N-ethyl adjacent to an activating group) is 1. The van der Waals surface area contributed by atoms with E-state index in [1.807, 2.05) is 0 Å². The van der Waals surface area contributed by atoms with E-state index in [1.165, 1.54) is 0 Å². The maximum absolute atomic E-state index is 11.0. The molecule has 1 heterocycles. The zero-order valence-corrected chi connectivity index (χ0v) is 8.89. The van der Waals surface area contributed by atoms with Gasteiger partial charge in [-0.1, -0.05) is 0 Å². The van der Waals surface area contributed by atoms with Crippen LogP contribution in [0, 0.1) is 0 Å². The summed E-state index contributed by atoms with van der Waals surface area (Å²) >= 11 is 0. The van der Waals surface area contributed by atoms with Gasteiger partial charge in [0.2, 0.25) is 5.91 Å². The van der Waals surface area contributed by atoms with Crippen LogP contribution in [0.3, 0.4) is 0 Å². The fourth-order valence-corrected chi connectivity index (χ4v) is 1.42. The number of hydrogen-bond acceptors (Lipinski definition) is 3. The number of nitrogens with zero attached hydrogens (tertiary/aromatic N) is 1. The van der Waals surface area contributed by atoms with Gasteiger partial charge in [0.05, 0.1) is 12.6 Å². The van der Waals surface area contributed by atoms with Crippen molar-refractivity contribution in [1.29, 1.82) is 0 Å². The average Bonchev–Trinajstić information content (AvgIpc) is 2.52. The third kappa shape index (κ3) is 3.93. The molecule has 1 atom stereocenters. The number of carbonyl (C=O) groups excluding carboxylic acids is 1. The molecule has 0 spiro atoms. The lowest BCUT2D eigenvalue weighted by Gasteiger charge is -2.13. The molecule has 0 radical (unpaired) electrons. The van der Waals surface area contributed by atoms with Crippen molar-refractivity contribution < 1.29 is 9.53 Å². The van der Waals surface area contributed by atoms with E-state index >= 15 is 0 Å². The smallest absolute Gasteiger partial charge is 0.233 e. The number of carbonyl (C=O) groups is 1. The Morgan fingerprint density at radius 3 is 2.85 bits per heavy atom. The molecule has 5 heteroatoms. The van der Waals surface area contributed by atoms with Crippen molar-refractivity contribution in [2.75, 3.05) is 33.8 Å². The van der Waals surface area contributed by atoms with Gasteiger partial charge in [-0.25, -0.2) is 0 Å². The van der Waals surface area contributed by atoms with Gasteiger partial charge >= 0.3 is 0 Å². The Labute approximate surface area is 85.0 Å². The predicted molar refractivity (Wildman–Crippen MR) is 53.2 cm³/mol. The summed E-state index contributed by atoms with van der Waals surface area (Å²) in [6.07, 6.45) is 1.35. The number of nitrogens with one attached hydrogen (secondary N) is 1. The summed E-state index contributed by atoms with van der Waals surface area (Å²) in [5.74, 6) is 0.0757. The van der Waals surface area contributed by atoms with Crippen LogP contribution in [0.15, 0.2) is 0 Å². The lowest BCUT2D eigenvalue weighted by molar-refractivity contribution is -0.121. The number of amides is 1. The minimum absolute atomic E-state index is 0. The Balaban J connectivity index is 0.00000144. The monoisotopic (exact) mass is 208 g/mol. The second kappa shape index (κ2) is 6.18. The minimum Gasteiger partial charge on any atom is -0.380 e. The molecule has 1 rings (SSSR count). The van der Waals surface area contributed by atoms with Crippen LogP contribution in [0.1, 0.15) is 6.42 Å². The number of hydrogen-bond donors (Lipinski definition) is 1. The summed E-state index contributed by atoms with van der Waals surface area (Å²) in [6, 6.07) is 0. The van der Waals surface area contributed by atoms with Gasteiger partial charge in [-0.3, -0.25) is 9.69 Å². The molecule has 1 amide bonds. The highest BCUT2D eigenvalue weighted by atomic mass is 35.5. The molecule has 0 aromatic rings. The molecule has 1 N–H and O–H groups in total. The Hall–Kier alpha value is -0.320. The fourth-order valence-electron chi connectivity index (χ4n) is 1.42. The van der Waals surface area contributed by atoms with E-state index in [0.717, 1.165) is 19.5 Å². The van der Waals surface area contributed by atoms with Crippen molar-refractivity contribution in [3.8, 4) is 0 Å². The highest BCUT2D eigenvalue weighted by Crippen LogP contribution is 2.10. The molecule has 0 unspecified atom stereocenters. The van der Waals surface area contributed by atoms with Gasteiger partial charge in [0.1, 0.15) is 0 Å². The summed E-state index contributed by atoms with van der Waals surface area (Å²) in [7, 11) is 3.38. The molecule has 0 aliphatic carbocycles. The molecule has 13 heavy (non-hydrogen) atoms. The largest absolute Gasteiger partial charge is 0.380 e. The van der Waals surface area contributed by atoms with Crippen LogP contribution in [0.25, 0.3) is 0 Å². The second-order valence-corrected chi connectivity index (χ2v) is 3.05. The quantitative estimate of drug-likeness (QED) is 0.703. The summed E-state index contributed by atoms with van der Waals surface area (Å²) in [4.78, 5) is 13.1. The van der Waals surface area contributed by atoms with Gasteiger partial charge < -0.3 is 10.1 Å². The Bertz CT molecular complexity index is 166.